The van der Waals surface area contributed by atoms with Crippen LogP contribution in [-0.2, 0) is 11.4 Å². The molecular weight excluding hydrogens is 353 g/mol. The molecule has 1 aliphatic heterocycles. The molecule has 2 aromatic carbocycles. The number of hydrogen-bond acceptors (Lipinski definition) is 4. The molecule has 1 saturated heterocycles. The van der Waals surface area contributed by atoms with Crippen LogP contribution in [0.15, 0.2) is 66.1 Å². The quantitative estimate of drug-likeness (QED) is 0.550. The zero-order chi connectivity index (χ0) is 18.5. The molecule has 3 rings (SSSR count). The summed E-state index contributed by atoms with van der Waals surface area (Å²) in [6.07, 6.45) is 3.18. The number of imide groups is 1. The summed E-state index contributed by atoms with van der Waals surface area (Å²) in [7, 11) is 0. The van der Waals surface area contributed by atoms with Gasteiger partial charge in [-0.2, -0.15) is 0 Å². The topological polar surface area (TPSA) is 46.6 Å². The molecule has 26 heavy (non-hydrogen) atoms. The minimum atomic E-state index is -0.322. The Morgan fingerprint density at radius 2 is 1.92 bits per heavy atom. The number of carbonyl (C=O) groups excluding carboxylic acids is 2. The summed E-state index contributed by atoms with van der Waals surface area (Å²) >= 11 is 0.908. The monoisotopic (exact) mass is 369 g/mol. The lowest BCUT2D eigenvalue weighted by atomic mass is 10.2. The zero-order valence-corrected chi connectivity index (χ0v) is 14.7. The van der Waals surface area contributed by atoms with Gasteiger partial charge in [0.05, 0.1) is 4.91 Å². The molecule has 0 atom stereocenters. The van der Waals surface area contributed by atoms with Crippen LogP contribution in [0.25, 0.3) is 6.08 Å². The van der Waals surface area contributed by atoms with E-state index in [1.54, 1.807) is 36.4 Å². The van der Waals surface area contributed by atoms with Crippen LogP contribution in [0.3, 0.4) is 0 Å². The first-order valence-corrected chi connectivity index (χ1v) is 8.72. The SMILES string of the molecule is C=CCN1C(=O)S/C(=C\c2cccc(OCc3ccc(F)cc3)c2)C1=O. The van der Waals surface area contributed by atoms with Gasteiger partial charge in [0.25, 0.3) is 11.1 Å². The highest BCUT2D eigenvalue weighted by atomic mass is 32.2. The van der Waals surface area contributed by atoms with E-state index in [4.69, 9.17) is 4.74 Å². The molecule has 0 spiro atoms. The van der Waals surface area contributed by atoms with Gasteiger partial charge in [0.1, 0.15) is 18.2 Å². The first-order valence-electron chi connectivity index (χ1n) is 7.90. The van der Waals surface area contributed by atoms with Crippen LogP contribution < -0.4 is 4.74 Å². The second-order valence-corrected chi connectivity index (χ2v) is 6.56. The smallest absolute Gasteiger partial charge is 0.293 e. The van der Waals surface area contributed by atoms with Gasteiger partial charge in [-0.15, -0.1) is 6.58 Å². The largest absolute Gasteiger partial charge is 0.489 e. The second-order valence-electron chi connectivity index (χ2n) is 5.57. The van der Waals surface area contributed by atoms with Crippen LogP contribution in [-0.4, -0.2) is 22.6 Å². The predicted molar refractivity (Wildman–Crippen MR) is 100 cm³/mol. The zero-order valence-electron chi connectivity index (χ0n) is 13.9. The van der Waals surface area contributed by atoms with E-state index < -0.39 is 0 Å². The molecule has 1 fully saturated rings. The summed E-state index contributed by atoms with van der Waals surface area (Å²) in [5, 5.41) is -0.301. The van der Waals surface area contributed by atoms with Crippen LogP contribution >= 0.6 is 11.8 Å². The second kappa shape index (κ2) is 8.01. The van der Waals surface area contributed by atoms with E-state index >= 15 is 0 Å². The van der Waals surface area contributed by atoms with Crippen molar-refractivity contribution in [2.75, 3.05) is 6.54 Å². The third kappa shape index (κ3) is 4.21. The fourth-order valence-corrected chi connectivity index (χ4v) is 3.23. The normalized spacial score (nSPS) is 15.6. The Bertz CT molecular complexity index is 877. The molecule has 0 N–H and O–H groups in total. The number of thioether (sulfide) groups is 1. The van der Waals surface area contributed by atoms with E-state index in [1.807, 2.05) is 6.07 Å². The van der Waals surface area contributed by atoms with Crippen molar-refractivity contribution in [3.8, 4) is 5.75 Å². The third-order valence-corrected chi connectivity index (χ3v) is 4.57. The standard InChI is InChI=1S/C20H16FNO3S/c1-2-10-22-19(23)18(26-20(22)24)12-15-4-3-5-17(11-15)25-13-14-6-8-16(21)9-7-14/h2-9,11-12H,1,10,13H2/b18-12-. The lowest BCUT2D eigenvalue weighted by Crippen LogP contribution is -2.27. The fraction of sp³-hybridized carbons (Fsp3) is 0.100. The number of halogens is 1. The molecule has 2 aromatic rings. The minimum absolute atomic E-state index is 0.197. The maximum Gasteiger partial charge on any atom is 0.293 e. The van der Waals surface area contributed by atoms with Gasteiger partial charge in [0.15, 0.2) is 0 Å². The van der Waals surface area contributed by atoms with Crippen molar-refractivity contribution in [1.29, 1.82) is 0 Å². The Hall–Kier alpha value is -2.86. The fourth-order valence-electron chi connectivity index (χ4n) is 2.38. The molecular formula is C20H16FNO3S. The van der Waals surface area contributed by atoms with Crippen molar-refractivity contribution in [1.82, 2.24) is 4.90 Å². The average molecular weight is 369 g/mol. The van der Waals surface area contributed by atoms with Crippen LogP contribution in [0.1, 0.15) is 11.1 Å². The molecule has 132 valence electrons. The molecule has 6 heteroatoms. The first-order chi connectivity index (χ1) is 12.6. The molecule has 2 amide bonds. The van der Waals surface area contributed by atoms with Gasteiger partial charge in [-0.25, -0.2) is 4.39 Å². The summed E-state index contributed by atoms with van der Waals surface area (Å²) in [6, 6.07) is 13.3. The van der Waals surface area contributed by atoms with E-state index in [2.05, 4.69) is 6.58 Å². The van der Waals surface area contributed by atoms with E-state index in [-0.39, 0.29) is 23.5 Å². The highest BCUT2D eigenvalue weighted by Gasteiger charge is 2.33. The molecule has 0 saturated carbocycles. The first kappa shape index (κ1) is 17.9. The predicted octanol–water partition coefficient (Wildman–Crippen LogP) is 4.63. The van der Waals surface area contributed by atoms with Gasteiger partial charge >= 0.3 is 0 Å². The molecule has 0 aliphatic carbocycles. The van der Waals surface area contributed by atoms with E-state index in [1.165, 1.54) is 18.2 Å². The van der Waals surface area contributed by atoms with Crippen molar-refractivity contribution < 1.29 is 18.7 Å². The van der Waals surface area contributed by atoms with E-state index in [0.29, 0.717) is 17.3 Å². The van der Waals surface area contributed by atoms with Crippen molar-refractivity contribution in [2.45, 2.75) is 6.61 Å². The Balaban J connectivity index is 1.71. The molecule has 0 radical (unpaired) electrons. The number of benzene rings is 2. The van der Waals surface area contributed by atoms with Crippen molar-refractivity contribution in [3.63, 3.8) is 0 Å². The van der Waals surface area contributed by atoms with E-state index in [9.17, 15) is 14.0 Å². The lowest BCUT2D eigenvalue weighted by Gasteiger charge is -2.08. The lowest BCUT2D eigenvalue weighted by molar-refractivity contribution is -0.122. The maximum atomic E-state index is 12.9. The number of ether oxygens (including phenoxy) is 1. The Morgan fingerprint density at radius 3 is 2.65 bits per heavy atom. The van der Waals surface area contributed by atoms with Crippen LogP contribution in [0.2, 0.25) is 0 Å². The molecule has 0 bridgehead atoms. The summed E-state index contributed by atoms with van der Waals surface area (Å²) in [5.74, 6) is 0.00655. The molecule has 1 aliphatic rings. The highest BCUT2D eigenvalue weighted by Crippen LogP contribution is 2.32. The number of nitrogens with zero attached hydrogens (tertiary/aromatic N) is 1. The van der Waals surface area contributed by atoms with Crippen LogP contribution in [0.4, 0.5) is 9.18 Å². The summed E-state index contributed by atoms with van der Waals surface area (Å²) < 4.78 is 18.6. The summed E-state index contributed by atoms with van der Waals surface area (Å²) in [6.45, 7) is 4.05. The van der Waals surface area contributed by atoms with Crippen LogP contribution in [0, 0.1) is 5.82 Å². The van der Waals surface area contributed by atoms with Gasteiger partial charge < -0.3 is 4.74 Å². The molecule has 4 nitrogen and oxygen atoms in total. The number of carbonyl (C=O) groups is 2. The highest BCUT2D eigenvalue weighted by molar-refractivity contribution is 8.18. The van der Waals surface area contributed by atoms with Gasteiger partial charge in [-0.3, -0.25) is 14.5 Å². The van der Waals surface area contributed by atoms with Crippen molar-refractivity contribution in [3.05, 3.63) is 83.0 Å². The average Bonchev–Trinajstić information content (AvgIpc) is 2.89. The third-order valence-electron chi connectivity index (χ3n) is 3.66. The summed E-state index contributed by atoms with van der Waals surface area (Å²) in [4.78, 5) is 25.6. The Labute approximate surface area is 155 Å². The Kier molecular flexibility index (Phi) is 5.53. The van der Waals surface area contributed by atoms with E-state index in [0.717, 1.165) is 27.8 Å². The summed E-state index contributed by atoms with van der Waals surface area (Å²) in [5.41, 5.74) is 1.60. The molecule has 0 aromatic heterocycles. The van der Waals surface area contributed by atoms with Gasteiger partial charge in [-0.05, 0) is 53.2 Å². The minimum Gasteiger partial charge on any atom is -0.489 e. The maximum absolute atomic E-state index is 12.9. The van der Waals surface area contributed by atoms with Gasteiger partial charge in [0, 0.05) is 6.54 Å². The van der Waals surface area contributed by atoms with Crippen molar-refractivity contribution >= 4 is 29.0 Å². The number of rotatable bonds is 6. The molecule has 1 heterocycles. The van der Waals surface area contributed by atoms with Crippen molar-refractivity contribution in [2.24, 2.45) is 0 Å². The number of amides is 2. The van der Waals surface area contributed by atoms with Gasteiger partial charge in [-0.1, -0.05) is 30.3 Å². The van der Waals surface area contributed by atoms with Gasteiger partial charge in [0.2, 0.25) is 0 Å². The number of hydrogen-bond donors (Lipinski definition) is 0. The Morgan fingerprint density at radius 1 is 1.15 bits per heavy atom. The van der Waals surface area contributed by atoms with Crippen LogP contribution in [0.5, 0.6) is 5.75 Å². The molecule has 0 unspecified atom stereocenters.